The number of carboxylic acid groups (broad SMARTS) is 1. The van der Waals surface area contributed by atoms with Crippen molar-refractivity contribution in [3.8, 4) is 0 Å². The molecule has 0 radical (unpaired) electrons. The molecule has 0 aliphatic rings. The lowest BCUT2D eigenvalue weighted by Gasteiger charge is -1.98. The lowest BCUT2D eigenvalue weighted by molar-refractivity contribution is -0.133. The molecule has 0 aromatic carbocycles. The van der Waals surface area contributed by atoms with E-state index in [0.717, 1.165) is 18.7 Å². The maximum atomic E-state index is 10.5. The molecule has 0 saturated heterocycles. The van der Waals surface area contributed by atoms with Crippen molar-refractivity contribution >= 4 is 17.7 Å². The standard InChI is InChI=1S/C13H23N3O2S/c1-3-4-5-6-7-8-9-11-14-13(16(2)15-11)19-10-12(17)18/h3-10H2,1-2H3,(H,17,18). The highest BCUT2D eigenvalue weighted by molar-refractivity contribution is 7.99. The second-order valence-electron chi connectivity index (χ2n) is 4.63. The molecule has 0 aliphatic carbocycles. The third-order valence-corrected chi connectivity index (χ3v) is 3.85. The van der Waals surface area contributed by atoms with Crippen LogP contribution in [0.2, 0.25) is 0 Å². The van der Waals surface area contributed by atoms with Gasteiger partial charge in [-0.3, -0.25) is 4.79 Å². The predicted octanol–water partition coefficient (Wildman–Crippen LogP) is 2.89. The van der Waals surface area contributed by atoms with Gasteiger partial charge in [-0.05, 0) is 6.42 Å². The average molecular weight is 285 g/mol. The van der Waals surface area contributed by atoms with Crippen LogP contribution >= 0.6 is 11.8 Å². The molecule has 1 rings (SSSR count). The number of aromatic nitrogens is 3. The summed E-state index contributed by atoms with van der Waals surface area (Å²) in [4.78, 5) is 14.9. The number of carboxylic acids is 1. The van der Waals surface area contributed by atoms with Crippen molar-refractivity contribution < 1.29 is 9.90 Å². The summed E-state index contributed by atoms with van der Waals surface area (Å²) >= 11 is 1.22. The highest BCUT2D eigenvalue weighted by Gasteiger charge is 2.09. The Morgan fingerprint density at radius 3 is 2.63 bits per heavy atom. The minimum Gasteiger partial charge on any atom is -0.481 e. The van der Waals surface area contributed by atoms with E-state index in [1.54, 1.807) is 4.68 Å². The van der Waals surface area contributed by atoms with Crippen LogP contribution in [-0.2, 0) is 18.3 Å². The van der Waals surface area contributed by atoms with E-state index < -0.39 is 5.97 Å². The Kier molecular flexibility index (Phi) is 7.55. The minimum atomic E-state index is -0.828. The van der Waals surface area contributed by atoms with E-state index in [-0.39, 0.29) is 5.75 Å². The van der Waals surface area contributed by atoms with Gasteiger partial charge < -0.3 is 5.11 Å². The van der Waals surface area contributed by atoms with Crippen LogP contribution in [0.15, 0.2) is 5.16 Å². The summed E-state index contributed by atoms with van der Waals surface area (Å²) in [6, 6.07) is 0. The largest absolute Gasteiger partial charge is 0.481 e. The van der Waals surface area contributed by atoms with Gasteiger partial charge in [0.1, 0.15) is 0 Å². The number of rotatable bonds is 10. The molecule has 0 amide bonds. The molecule has 0 bridgehead atoms. The summed E-state index contributed by atoms with van der Waals surface area (Å²) in [7, 11) is 1.81. The lowest BCUT2D eigenvalue weighted by atomic mass is 10.1. The third kappa shape index (κ3) is 6.61. The molecule has 0 aliphatic heterocycles. The molecule has 1 aromatic heterocycles. The second-order valence-corrected chi connectivity index (χ2v) is 5.58. The maximum absolute atomic E-state index is 10.5. The van der Waals surface area contributed by atoms with Crippen molar-refractivity contribution in [3.63, 3.8) is 0 Å². The van der Waals surface area contributed by atoms with Crippen molar-refractivity contribution in [2.45, 2.75) is 57.0 Å². The molecular weight excluding hydrogens is 262 g/mol. The van der Waals surface area contributed by atoms with E-state index in [2.05, 4.69) is 17.0 Å². The summed E-state index contributed by atoms with van der Waals surface area (Å²) in [5.74, 6) is 0.0274. The number of hydrogen-bond acceptors (Lipinski definition) is 4. The number of aryl methyl sites for hydroxylation is 2. The van der Waals surface area contributed by atoms with Gasteiger partial charge in [-0.1, -0.05) is 50.8 Å². The fourth-order valence-corrected chi connectivity index (χ4v) is 2.49. The fourth-order valence-electron chi connectivity index (χ4n) is 1.84. The molecule has 0 atom stereocenters. The molecule has 0 saturated carbocycles. The van der Waals surface area contributed by atoms with E-state index in [9.17, 15) is 4.79 Å². The van der Waals surface area contributed by atoms with E-state index in [1.165, 1.54) is 43.9 Å². The molecule has 0 spiro atoms. The Morgan fingerprint density at radius 1 is 1.26 bits per heavy atom. The molecule has 0 fully saturated rings. The second kappa shape index (κ2) is 8.96. The topological polar surface area (TPSA) is 68.0 Å². The fraction of sp³-hybridized carbons (Fsp3) is 0.769. The highest BCUT2D eigenvalue weighted by Crippen LogP contribution is 2.15. The first-order valence-corrected chi connectivity index (χ1v) is 7.86. The molecule has 1 heterocycles. The SMILES string of the molecule is CCCCCCCCc1nc(SCC(=O)O)n(C)n1. The van der Waals surface area contributed by atoms with E-state index in [4.69, 9.17) is 5.11 Å². The van der Waals surface area contributed by atoms with Crippen LogP contribution in [-0.4, -0.2) is 31.6 Å². The van der Waals surface area contributed by atoms with Crippen LogP contribution in [0.1, 0.15) is 51.3 Å². The molecular formula is C13H23N3O2S. The number of thioether (sulfide) groups is 1. The summed E-state index contributed by atoms with van der Waals surface area (Å²) in [6.45, 7) is 2.22. The van der Waals surface area contributed by atoms with Gasteiger partial charge in [-0.25, -0.2) is 9.67 Å². The van der Waals surface area contributed by atoms with Crippen molar-refractivity contribution in [1.29, 1.82) is 0 Å². The van der Waals surface area contributed by atoms with Crippen molar-refractivity contribution in [2.24, 2.45) is 7.05 Å². The zero-order valence-electron chi connectivity index (χ0n) is 11.8. The van der Waals surface area contributed by atoms with Crippen LogP contribution in [0.4, 0.5) is 0 Å². The summed E-state index contributed by atoms with van der Waals surface area (Å²) in [6.07, 6.45) is 8.39. The van der Waals surface area contributed by atoms with Crippen LogP contribution < -0.4 is 0 Å². The molecule has 1 N–H and O–H groups in total. The van der Waals surface area contributed by atoms with Crippen molar-refractivity contribution in [1.82, 2.24) is 14.8 Å². The van der Waals surface area contributed by atoms with Gasteiger partial charge in [-0.2, -0.15) is 5.10 Å². The van der Waals surface area contributed by atoms with Gasteiger partial charge in [0.15, 0.2) is 11.0 Å². The van der Waals surface area contributed by atoms with Crippen LogP contribution in [0, 0.1) is 0 Å². The normalized spacial score (nSPS) is 10.8. The monoisotopic (exact) mass is 285 g/mol. The number of nitrogens with zero attached hydrogens (tertiary/aromatic N) is 3. The first-order chi connectivity index (χ1) is 9.13. The Hall–Kier alpha value is -1.04. The Balaban J connectivity index is 2.27. The first-order valence-electron chi connectivity index (χ1n) is 6.88. The van der Waals surface area contributed by atoms with Gasteiger partial charge in [0.25, 0.3) is 0 Å². The maximum Gasteiger partial charge on any atom is 0.313 e. The number of unbranched alkanes of at least 4 members (excludes halogenated alkanes) is 5. The number of carbonyl (C=O) groups is 1. The van der Waals surface area contributed by atoms with Crippen LogP contribution in [0.25, 0.3) is 0 Å². The molecule has 5 nitrogen and oxygen atoms in total. The summed E-state index contributed by atoms with van der Waals surface area (Å²) < 4.78 is 1.67. The average Bonchev–Trinajstić information content (AvgIpc) is 2.72. The Morgan fingerprint density at radius 2 is 1.95 bits per heavy atom. The number of aliphatic carboxylic acids is 1. The van der Waals surface area contributed by atoms with Crippen molar-refractivity contribution in [3.05, 3.63) is 5.82 Å². The molecule has 6 heteroatoms. The first kappa shape index (κ1) is 16.0. The van der Waals surface area contributed by atoms with Crippen LogP contribution in [0.5, 0.6) is 0 Å². The summed E-state index contributed by atoms with van der Waals surface area (Å²) in [5.41, 5.74) is 0. The minimum absolute atomic E-state index is 0.0307. The Labute approximate surface area is 118 Å². The quantitative estimate of drug-likeness (QED) is 0.529. The van der Waals surface area contributed by atoms with E-state index in [1.807, 2.05) is 7.05 Å². The van der Waals surface area contributed by atoms with Gasteiger partial charge in [-0.15, -0.1) is 0 Å². The van der Waals surface area contributed by atoms with Gasteiger partial charge >= 0.3 is 5.97 Å². The predicted molar refractivity (Wildman–Crippen MR) is 76.4 cm³/mol. The Bertz CT molecular complexity index is 393. The zero-order valence-corrected chi connectivity index (χ0v) is 12.6. The molecule has 19 heavy (non-hydrogen) atoms. The highest BCUT2D eigenvalue weighted by atomic mass is 32.2. The van der Waals surface area contributed by atoms with E-state index >= 15 is 0 Å². The smallest absolute Gasteiger partial charge is 0.313 e. The van der Waals surface area contributed by atoms with E-state index in [0.29, 0.717) is 5.16 Å². The molecule has 1 aromatic rings. The van der Waals surface area contributed by atoms with Gasteiger partial charge in [0, 0.05) is 13.5 Å². The molecule has 0 unspecified atom stereocenters. The zero-order chi connectivity index (χ0) is 14.1. The van der Waals surface area contributed by atoms with Gasteiger partial charge in [0.2, 0.25) is 0 Å². The van der Waals surface area contributed by atoms with Gasteiger partial charge in [0.05, 0.1) is 5.75 Å². The van der Waals surface area contributed by atoms with Crippen molar-refractivity contribution in [2.75, 3.05) is 5.75 Å². The number of hydrogen-bond donors (Lipinski definition) is 1. The third-order valence-electron chi connectivity index (χ3n) is 2.85. The van der Waals surface area contributed by atoms with Crippen LogP contribution in [0.3, 0.4) is 0 Å². The molecule has 108 valence electrons. The summed E-state index contributed by atoms with van der Waals surface area (Å²) in [5, 5.41) is 13.6. The lowest BCUT2D eigenvalue weighted by Crippen LogP contribution is -2.00.